The Bertz CT molecular complexity index is 793. The van der Waals surface area contributed by atoms with E-state index in [1.807, 2.05) is 18.2 Å². The van der Waals surface area contributed by atoms with E-state index in [0.29, 0.717) is 10.6 Å². The van der Waals surface area contributed by atoms with E-state index in [0.717, 1.165) is 21.7 Å². The summed E-state index contributed by atoms with van der Waals surface area (Å²) in [7, 11) is 3.21. The highest BCUT2D eigenvalue weighted by Gasteiger charge is 2.15. The van der Waals surface area contributed by atoms with Gasteiger partial charge in [-0.1, -0.05) is 0 Å². The van der Waals surface area contributed by atoms with Crippen molar-refractivity contribution in [2.45, 2.75) is 0 Å². The highest BCUT2D eigenvalue weighted by molar-refractivity contribution is 7.20. The molecule has 106 valence electrons. The van der Waals surface area contributed by atoms with E-state index < -0.39 is 0 Å². The second kappa shape index (κ2) is 5.54. The summed E-state index contributed by atoms with van der Waals surface area (Å²) in [6, 6.07) is 12.6. The number of benzene rings is 2. The second-order valence-electron chi connectivity index (χ2n) is 4.41. The Morgan fingerprint density at radius 3 is 2.33 bits per heavy atom. The Morgan fingerprint density at radius 2 is 1.67 bits per heavy atom. The SMILES string of the molecule is COc1ccc(C(=O)c2nc3ccc(OC)cc3s2)cc1. The predicted molar refractivity (Wildman–Crippen MR) is 82.6 cm³/mol. The molecule has 0 amide bonds. The molecule has 0 saturated carbocycles. The molecule has 3 rings (SSSR count). The maximum atomic E-state index is 12.4. The fourth-order valence-corrected chi connectivity index (χ4v) is 2.95. The van der Waals surface area contributed by atoms with Crippen LogP contribution >= 0.6 is 11.3 Å². The van der Waals surface area contributed by atoms with Gasteiger partial charge in [0.25, 0.3) is 0 Å². The minimum Gasteiger partial charge on any atom is -0.497 e. The fraction of sp³-hybridized carbons (Fsp3) is 0.125. The quantitative estimate of drug-likeness (QED) is 0.691. The molecule has 2 aromatic carbocycles. The number of fused-ring (bicyclic) bond motifs is 1. The molecule has 1 aromatic heterocycles. The molecule has 0 aliphatic carbocycles. The Labute approximate surface area is 126 Å². The lowest BCUT2D eigenvalue weighted by molar-refractivity contribution is 0.103. The summed E-state index contributed by atoms with van der Waals surface area (Å²) in [4.78, 5) is 16.8. The predicted octanol–water partition coefficient (Wildman–Crippen LogP) is 3.54. The fourth-order valence-electron chi connectivity index (χ4n) is 1.99. The van der Waals surface area contributed by atoms with Crippen molar-refractivity contribution in [3.63, 3.8) is 0 Å². The van der Waals surface area contributed by atoms with Crippen LogP contribution in [0.25, 0.3) is 10.2 Å². The van der Waals surface area contributed by atoms with Crippen molar-refractivity contribution in [3.8, 4) is 11.5 Å². The largest absolute Gasteiger partial charge is 0.497 e. The molecule has 0 unspecified atom stereocenters. The molecule has 4 nitrogen and oxygen atoms in total. The van der Waals surface area contributed by atoms with Crippen molar-refractivity contribution in [1.29, 1.82) is 0 Å². The second-order valence-corrected chi connectivity index (χ2v) is 5.44. The molecule has 0 aliphatic rings. The van der Waals surface area contributed by atoms with Crippen LogP contribution in [0.2, 0.25) is 0 Å². The average molecular weight is 299 g/mol. The molecule has 0 saturated heterocycles. The number of nitrogens with zero attached hydrogens (tertiary/aromatic N) is 1. The Morgan fingerprint density at radius 1 is 1.00 bits per heavy atom. The number of aromatic nitrogens is 1. The number of carbonyl (C=O) groups is 1. The molecule has 0 fully saturated rings. The molecule has 5 heteroatoms. The Balaban J connectivity index is 1.96. The van der Waals surface area contributed by atoms with Gasteiger partial charge in [0, 0.05) is 5.56 Å². The summed E-state index contributed by atoms with van der Waals surface area (Å²) in [6.45, 7) is 0. The van der Waals surface area contributed by atoms with Gasteiger partial charge in [0.1, 0.15) is 11.5 Å². The van der Waals surface area contributed by atoms with Crippen LogP contribution in [-0.2, 0) is 0 Å². The van der Waals surface area contributed by atoms with Crippen LogP contribution < -0.4 is 9.47 Å². The minimum atomic E-state index is -0.0854. The highest BCUT2D eigenvalue weighted by Crippen LogP contribution is 2.27. The summed E-state index contributed by atoms with van der Waals surface area (Å²) < 4.78 is 11.2. The first-order valence-corrected chi connectivity index (χ1v) is 7.16. The van der Waals surface area contributed by atoms with Crippen LogP contribution in [0.15, 0.2) is 42.5 Å². The summed E-state index contributed by atoms with van der Waals surface area (Å²) in [5, 5.41) is 0.475. The smallest absolute Gasteiger partial charge is 0.221 e. The number of hydrogen-bond acceptors (Lipinski definition) is 5. The Hall–Kier alpha value is -2.40. The zero-order chi connectivity index (χ0) is 14.8. The number of carbonyl (C=O) groups excluding carboxylic acids is 1. The third kappa shape index (κ3) is 2.60. The van der Waals surface area contributed by atoms with Crippen molar-refractivity contribution in [3.05, 3.63) is 53.0 Å². The molecule has 0 atom stereocenters. The van der Waals surface area contributed by atoms with Crippen LogP contribution in [0.5, 0.6) is 11.5 Å². The lowest BCUT2D eigenvalue weighted by Crippen LogP contribution is -2.00. The highest BCUT2D eigenvalue weighted by atomic mass is 32.1. The first kappa shape index (κ1) is 13.6. The third-order valence-electron chi connectivity index (χ3n) is 3.14. The van der Waals surface area contributed by atoms with Crippen molar-refractivity contribution >= 4 is 27.3 Å². The first-order valence-electron chi connectivity index (χ1n) is 6.34. The number of thiazole rings is 1. The van der Waals surface area contributed by atoms with Crippen LogP contribution in [0.4, 0.5) is 0 Å². The zero-order valence-corrected chi connectivity index (χ0v) is 12.4. The lowest BCUT2D eigenvalue weighted by atomic mass is 10.1. The topological polar surface area (TPSA) is 48.4 Å². The van der Waals surface area contributed by atoms with Crippen molar-refractivity contribution in [2.75, 3.05) is 14.2 Å². The molecule has 0 bridgehead atoms. The monoisotopic (exact) mass is 299 g/mol. The van der Waals surface area contributed by atoms with Gasteiger partial charge in [-0.25, -0.2) is 4.98 Å². The van der Waals surface area contributed by atoms with Gasteiger partial charge < -0.3 is 9.47 Å². The molecular formula is C16H13NO3S. The van der Waals surface area contributed by atoms with E-state index in [1.54, 1.807) is 38.5 Å². The van der Waals surface area contributed by atoms with Gasteiger partial charge in [0.15, 0.2) is 5.01 Å². The molecule has 0 radical (unpaired) electrons. The van der Waals surface area contributed by atoms with Gasteiger partial charge in [0.05, 0.1) is 24.4 Å². The molecule has 0 spiro atoms. The van der Waals surface area contributed by atoms with Gasteiger partial charge in [-0.05, 0) is 42.5 Å². The number of hydrogen-bond donors (Lipinski definition) is 0. The van der Waals surface area contributed by atoms with E-state index in [1.165, 1.54) is 11.3 Å². The molecule has 0 aliphatic heterocycles. The number of rotatable bonds is 4. The van der Waals surface area contributed by atoms with Gasteiger partial charge in [-0.3, -0.25) is 4.79 Å². The summed E-state index contributed by atoms with van der Waals surface area (Å²) in [6.07, 6.45) is 0. The molecule has 21 heavy (non-hydrogen) atoms. The third-order valence-corrected chi connectivity index (χ3v) is 4.16. The summed E-state index contributed by atoms with van der Waals surface area (Å²) >= 11 is 1.37. The van der Waals surface area contributed by atoms with Crippen LogP contribution in [-0.4, -0.2) is 25.0 Å². The zero-order valence-electron chi connectivity index (χ0n) is 11.6. The van der Waals surface area contributed by atoms with E-state index in [-0.39, 0.29) is 5.78 Å². The first-order chi connectivity index (χ1) is 10.2. The molecule has 1 heterocycles. The molecule has 3 aromatic rings. The summed E-state index contributed by atoms with van der Waals surface area (Å²) in [5.41, 5.74) is 1.40. The van der Waals surface area contributed by atoms with Gasteiger partial charge in [-0.2, -0.15) is 0 Å². The van der Waals surface area contributed by atoms with E-state index in [2.05, 4.69) is 4.98 Å². The van der Waals surface area contributed by atoms with E-state index in [9.17, 15) is 4.79 Å². The average Bonchev–Trinajstić information content (AvgIpc) is 2.97. The van der Waals surface area contributed by atoms with Crippen molar-refractivity contribution < 1.29 is 14.3 Å². The van der Waals surface area contributed by atoms with Crippen molar-refractivity contribution in [2.24, 2.45) is 0 Å². The maximum Gasteiger partial charge on any atom is 0.221 e. The molecular weight excluding hydrogens is 286 g/mol. The van der Waals surface area contributed by atoms with E-state index in [4.69, 9.17) is 9.47 Å². The minimum absolute atomic E-state index is 0.0854. The van der Waals surface area contributed by atoms with Crippen LogP contribution in [0, 0.1) is 0 Å². The lowest BCUT2D eigenvalue weighted by Gasteiger charge is -2.00. The van der Waals surface area contributed by atoms with Gasteiger partial charge >= 0.3 is 0 Å². The summed E-state index contributed by atoms with van der Waals surface area (Å²) in [5.74, 6) is 1.40. The number of ether oxygens (including phenoxy) is 2. The van der Waals surface area contributed by atoms with Gasteiger partial charge in [0.2, 0.25) is 5.78 Å². The Kier molecular flexibility index (Phi) is 3.58. The maximum absolute atomic E-state index is 12.4. The normalized spacial score (nSPS) is 10.6. The van der Waals surface area contributed by atoms with Gasteiger partial charge in [-0.15, -0.1) is 11.3 Å². The number of ketones is 1. The number of methoxy groups -OCH3 is 2. The molecule has 0 N–H and O–H groups in total. The van der Waals surface area contributed by atoms with E-state index >= 15 is 0 Å². The van der Waals surface area contributed by atoms with Crippen LogP contribution in [0.3, 0.4) is 0 Å². The van der Waals surface area contributed by atoms with Crippen molar-refractivity contribution in [1.82, 2.24) is 4.98 Å². The standard InChI is InChI=1S/C16H13NO3S/c1-19-11-5-3-10(4-6-11)15(18)16-17-13-8-7-12(20-2)9-14(13)21-16/h3-9H,1-2H3. The van der Waals surface area contributed by atoms with Crippen LogP contribution in [0.1, 0.15) is 15.4 Å².